The predicted molar refractivity (Wildman–Crippen MR) is 114 cm³/mol. The summed E-state index contributed by atoms with van der Waals surface area (Å²) in [5, 5.41) is 7.76. The summed E-state index contributed by atoms with van der Waals surface area (Å²) in [6.07, 6.45) is -4.78. The molecule has 4 N–H and O–H groups in total. The number of carbonyl (C=O) groups is 2. The molecule has 2 aromatic carbocycles. The van der Waals surface area contributed by atoms with Gasteiger partial charge in [-0.3, -0.25) is 19.4 Å². The zero-order valence-corrected chi connectivity index (χ0v) is 17.0. The number of nitrogens with one attached hydrogen (secondary N) is 4. The molecule has 1 aliphatic rings. The van der Waals surface area contributed by atoms with Crippen LogP contribution in [0.25, 0.3) is 0 Å². The number of hydrogen-bond donors (Lipinski definition) is 4. The zero-order chi connectivity index (χ0) is 23.6. The molecule has 0 radical (unpaired) electrons. The molecule has 11 heteroatoms. The highest BCUT2D eigenvalue weighted by Gasteiger charge is 2.35. The Hall–Kier alpha value is -4.15. The van der Waals surface area contributed by atoms with Crippen molar-refractivity contribution < 1.29 is 22.8 Å². The normalized spacial score (nSPS) is 15.4. The van der Waals surface area contributed by atoms with Crippen LogP contribution >= 0.6 is 0 Å². The standard InChI is InChI=1S/C22H18F3N5O3/c23-22(24,25)13-7-4-8-14(9-13)27-21-29-18-17(20(33)30-21)15(10-16(31)28-18)19(32)26-11-12-5-2-1-3-6-12/h1-9,15H,10-11H2,(H,26,32)(H3,27,28,29,30,31,33)/t15-/m0/s1. The molecule has 2 amide bonds. The van der Waals surface area contributed by atoms with E-state index in [1.807, 2.05) is 30.3 Å². The van der Waals surface area contributed by atoms with E-state index in [2.05, 4.69) is 25.9 Å². The van der Waals surface area contributed by atoms with Gasteiger partial charge in [-0.15, -0.1) is 0 Å². The van der Waals surface area contributed by atoms with Crippen LogP contribution in [-0.2, 0) is 22.3 Å². The van der Waals surface area contributed by atoms with Crippen LogP contribution in [0, 0.1) is 0 Å². The van der Waals surface area contributed by atoms with Crippen molar-refractivity contribution in [2.75, 3.05) is 10.6 Å². The van der Waals surface area contributed by atoms with Crippen molar-refractivity contribution in [3.8, 4) is 0 Å². The number of H-pyrrole nitrogens is 1. The first-order chi connectivity index (χ1) is 15.7. The van der Waals surface area contributed by atoms with Crippen LogP contribution in [0.5, 0.6) is 0 Å². The summed E-state index contributed by atoms with van der Waals surface area (Å²) < 4.78 is 38.8. The van der Waals surface area contributed by atoms with E-state index in [0.29, 0.717) is 0 Å². The molecule has 0 aliphatic carbocycles. The summed E-state index contributed by atoms with van der Waals surface area (Å²) in [6.45, 7) is 0.216. The maximum Gasteiger partial charge on any atom is 0.416 e. The van der Waals surface area contributed by atoms with Crippen LogP contribution in [0.1, 0.15) is 29.0 Å². The summed E-state index contributed by atoms with van der Waals surface area (Å²) >= 11 is 0. The van der Waals surface area contributed by atoms with E-state index < -0.39 is 35.0 Å². The molecule has 33 heavy (non-hydrogen) atoms. The Morgan fingerprint density at radius 2 is 1.85 bits per heavy atom. The number of nitrogens with zero attached hydrogens (tertiary/aromatic N) is 1. The van der Waals surface area contributed by atoms with Crippen LogP contribution in [0.3, 0.4) is 0 Å². The van der Waals surface area contributed by atoms with Crippen LogP contribution in [-0.4, -0.2) is 21.8 Å². The number of anilines is 3. The third-order valence-electron chi connectivity index (χ3n) is 5.03. The van der Waals surface area contributed by atoms with Gasteiger partial charge >= 0.3 is 6.18 Å². The second-order valence-electron chi connectivity index (χ2n) is 7.39. The third-order valence-corrected chi connectivity index (χ3v) is 5.03. The largest absolute Gasteiger partial charge is 0.416 e. The summed E-state index contributed by atoms with van der Waals surface area (Å²) in [4.78, 5) is 44.2. The van der Waals surface area contributed by atoms with E-state index in [4.69, 9.17) is 0 Å². The third kappa shape index (κ3) is 5.03. The number of carbonyl (C=O) groups excluding carboxylic acids is 2. The lowest BCUT2D eigenvalue weighted by Gasteiger charge is -2.23. The van der Waals surface area contributed by atoms with E-state index in [9.17, 15) is 27.6 Å². The molecule has 8 nitrogen and oxygen atoms in total. The number of rotatable bonds is 5. The quantitative estimate of drug-likeness (QED) is 0.469. The highest BCUT2D eigenvalue weighted by Crippen LogP contribution is 2.32. The molecular weight excluding hydrogens is 439 g/mol. The van der Waals surface area contributed by atoms with Crippen molar-refractivity contribution in [2.24, 2.45) is 0 Å². The maximum absolute atomic E-state index is 12.9. The van der Waals surface area contributed by atoms with Crippen LogP contribution < -0.4 is 21.5 Å². The number of halogens is 3. The molecule has 0 bridgehead atoms. The summed E-state index contributed by atoms with van der Waals surface area (Å²) in [5.41, 5.74) is -0.702. The lowest BCUT2D eigenvalue weighted by molar-refractivity contribution is -0.137. The minimum absolute atomic E-state index is 0.0187. The molecule has 3 aromatic rings. The minimum atomic E-state index is -4.54. The number of aromatic amines is 1. The van der Waals surface area contributed by atoms with Gasteiger partial charge in [0, 0.05) is 18.7 Å². The van der Waals surface area contributed by atoms with Crippen LogP contribution in [0.15, 0.2) is 59.4 Å². The number of fused-ring (bicyclic) bond motifs is 1. The van der Waals surface area contributed by atoms with Crippen molar-refractivity contribution >= 4 is 29.3 Å². The van der Waals surface area contributed by atoms with Gasteiger partial charge in [-0.1, -0.05) is 36.4 Å². The summed E-state index contributed by atoms with van der Waals surface area (Å²) in [6, 6.07) is 13.5. The lowest BCUT2D eigenvalue weighted by Crippen LogP contribution is -2.39. The first-order valence-electron chi connectivity index (χ1n) is 9.90. The highest BCUT2D eigenvalue weighted by molar-refractivity contribution is 6.00. The van der Waals surface area contributed by atoms with Gasteiger partial charge < -0.3 is 16.0 Å². The minimum Gasteiger partial charge on any atom is -0.351 e. The van der Waals surface area contributed by atoms with Crippen molar-refractivity contribution in [1.82, 2.24) is 15.3 Å². The van der Waals surface area contributed by atoms with E-state index in [0.717, 1.165) is 17.7 Å². The molecule has 0 saturated carbocycles. The Morgan fingerprint density at radius 3 is 2.58 bits per heavy atom. The summed E-state index contributed by atoms with van der Waals surface area (Å²) in [5.74, 6) is -2.38. The average Bonchev–Trinajstić information content (AvgIpc) is 2.77. The number of aromatic nitrogens is 2. The SMILES string of the molecule is O=C1C[C@H](C(=O)NCc2ccccc2)c2c(nc(Nc3cccc(C(F)(F)F)c3)[nH]c2=O)N1. The second kappa shape index (κ2) is 8.77. The monoisotopic (exact) mass is 457 g/mol. The molecule has 2 heterocycles. The van der Waals surface area contributed by atoms with Crippen LogP contribution in [0.2, 0.25) is 0 Å². The fourth-order valence-corrected chi connectivity index (χ4v) is 3.47. The molecule has 170 valence electrons. The van der Waals surface area contributed by atoms with Crippen molar-refractivity contribution in [2.45, 2.75) is 25.1 Å². The van der Waals surface area contributed by atoms with Gasteiger partial charge in [0.1, 0.15) is 5.82 Å². The molecule has 0 spiro atoms. The smallest absolute Gasteiger partial charge is 0.351 e. The lowest BCUT2D eigenvalue weighted by atomic mass is 9.92. The number of alkyl halides is 3. The first kappa shape index (κ1) is 22.1. The Balaban J connectivity index is 1.58. The molecule has 0 saturated heterocycles. The van der Waals surface area contributed by atoms with E-state index >= 15 is 0 Å². The first-order valence-corrected chi connectivity index (χ1v) is 9.90. The van der Waals surface area contributed by atoms with E-state index in [1.54, 1.807) is 0 Å². The molecule has 0 fully saturated rings. The van der Waals surface area contributed by atoms with E-state index in [-0.39, 0.29) is 36.0 Å². The van der Waals surface area contributed by atoms with E-state index in [1.165, 1.54) is 12.1 Å². The van der Waals surface area contributed by atoms with Gasteiger partial charge in [-0.05, 0) is 23.8 Å². The van der Waals surface area contributed by atoms with Crippen molar-refractivity contribution in [3.63, 3.8) is 0 Å². The van der Waals surface area contributed by atoms with Gasteiger partial charge in [0.2, 0.25) is 17.8 Å². The number of benzene rings is 2. The number of hydrogen-bond acceptors (Lipinski definition) is 5. The Kier molecular flexibility index (Phi) is 5.86. The Morgan fingerprint density at radius 1 is 1.09 bits per heavy atom. The summed E-state index contributed by atoms with van der Waals surface area (Å²) in [7, 11) is 0. The second-order valence-corrected chi connectivity index (χ2v) is 7.39. The fraction of sp³-hybridized carbons (Fsp3) is 0.182. The molecular formula is C22H18F3N5O3. The Bertz CT molecular complexity index is 1260. The van der Waals surface area contributed by atoms with Gasteiger partial charge in [-0.2, -0.15) is 18.2 Å². The van der Waals surface area contributed by atoms with Gasteiger partial charge in [-0.25, -0.2) is 0 Å². The Labute approximate surface area is 185 Å². The zero-order valence-electron chi connectivity index (χ0n) is 17.0. The van der Waals surface area contributed by atoms with Crippen molar-refractivity contribution in [3.05, 3.63) is 81.6 Å². The molecule has 1 aromatic heterocycles. The molecule has 4 rings (SSSR count). The number of amides is 2. The molecule has 0 unspecified atom stereocenters. The van der Waals surface area contributed by atoms with Gasteiger partial charge in [0.05, 0.1) is 17.0 Å². The predicted octanol–water partition coefficient (Wildman–Crippen LogP) is 3.27. The molecule has 1 atom stereocenters. The van der Waals surface area contributed by atoms with Crippen molar-refractivity contribution in [1.29, 1.82) is 0 Å². The molecule has 1 aliphatic heterocycles. The topological polar surface area (TPSA) is 116 Å². The average molecular weight is 457 g/mol. The van der Waals surface area contributed by atoms with Crippen LogP contribution in [0.4, 0.5) is 30.6 Å². The fourth-order valence-electron chi connectivity index (χ4n) is 3.47. The van der Waals surface area contributed by atoms with Gasteiger partial charge in [0.25, 0.3) is 5.56 Å². The maximum atomic E-state index is 12.9. The highest BCUT2D eigenvalue weighted by atomic mass is 19.4. The van der Waals surface area contributed by atoms with Gasteiger partial charge in [0.15, 0.2) is 0 Å².